The van der Waals surface area contributed by atoms with Crippen LogP contribution in [0.25, 0.3) is 0 Å². The molecule has 5 fully saturated rings. The average Bonchev–Trinajstić information content (AvgIpc) is 3.29. The summed E-state index contributed by atoms with van der Waals surface area (Å²) in [5, 5.41) is 12.4. The van der Waals surface area contributed by atoms with E-state index < -0.39 is 11.4 Å². The topological polar surface area (TPSA) is 92.7 Å². The number of aliphatic carboxylic acids is 1. The predicted molar refractivity (Wildman–Crippen MR) is 183 cm³/mol. The van der Waals surface area contributed by atoms with Gasteiger partial charge >= 0.3 is 11.9 Å². The van der Waals surface area contributed by atoms with Crippen molar-refractivity contribution in [2.75, 3.05) is 6.54 Å². The number of amides is 1. The number of ether oxygens (including phenoxy) is 1. The Labute approximate surface area is 279 Å². The van der Waals surface area contributed by atoms with Crippen molar-refractivity contribution < 1.29 is 24.2 Å². The highest BCUT2D eigenvalue weighted by molar-refractivity contribution is 5.77. The minimum absolute atomic E-state index is 0.0437. The Morgan fingerprint density at radius 1 is 0.870 bits per heavy atom. The maximum atomic E-state index is 13.2. The molecule has 5 aliphatic rings. The zero-order valence-electron chi connectivity index (χ0n) is 30.7. The summed E-state index contributed by atoms with van der Waals surface area (Å²) in [6.45, 7) is 25.7. The Bertz CT molecular complexity index is 1240. The minimum atomic E-state index is -0.881. The van der Waals surface area contributed by atoms with Gasteiger partial charge in [0.1, 0.15) is 6.10 Å². The summed E-state index contributed by atoms with van der Waals surface area (Å²) in [4.78, 5) is 37.6. The summed E-state index contributed by atoms with van der Waals surface area (Å²) in [5.74, 6) is 1.83. The van der Waals surface area contributed by atoms with Crippen LogP contribution in [0.1, 0.15) is 146 Å². The summed E-state index contributed by atoms with van der Waals surface area (Å²) in [6, 6.07) is 0. The standard InChI is InChI=1S/C40H65NO5/c1-11-41-31(42)22-40-19-14-26(25(2)3)34(40)27-12-13-29-37(8)17-16-30(46-33(45)24-35(4,5)23-32(43)44)36(6,7)28(37)15-18-39(29,10)38(27,9)20-21-40/h26-30,34H,2,11-24H2,1,3-10H3,(H,41,42)(H,43,44)/t26-,27+,28?,29?,30-,34+,37-,38+,39+,40+/m0/s1. The molecule has 6 heteroatoms. The number of carboxylic acids is 1. The zero-order chi connectivity index (χ0) is 34.1. The van der Waals surface area contributed by atoms with Crippen molar-refractivity contribution in [2.24, 2.45) is 62.1 Å². The van der Waals surface area contributed by atoms with Crippen LogP contribution >= 0.6 is 0 Å². The van der Waals surface area contributed by atoms with Crippen molar-refractivity contribution in [3.63, 3.8) is 0 Å². The molecule has 0 spiro atoms. The Hall–Kier alpha value is -1.85. The maximum absolute atomic E-state index is 13.2. The van der Waals surface area contributed by atoms with Crippen LogP contribution in [0, 0.1) is 62.1 Å². The lowest BCUT2D eigenvalue weighted by atomic mass is 9.32. The quantitative estimate of drug-likeness (QED) is 0.194. The summed E-state index contributed by atoms with van der Waals surface area (Å²) in [5.41, 5.74) is 1.26. The van der Waals surface area contributed by atoms with Gasteiger partial charge in [-0.15, -0.1) is 0 Å². The molecule has 10 atom stereocenters. The Balaban J connectivity index is 1.39. The number of hydrogen-bond acceptors (Lipinski definition) is 4. The van der Waals surface area contributed by atoms with E-state index in [1.165, 1.54) is 37.7 Å². The fourth-order valence-corrected chi connectivity index (χ4v) is 13.4. The molecule has 5 saturated carbocycles. The summed E-state index contributed by atoms with van der Waals surface area (Å²) in [6.07, 6.45) is 12.1. The minimum Gasteiger partial charge on any atom is -0.481 e. The smallest absolute Gasteiger partial charge is 0.306 e. The van der Waals surface area contributed by atoms with Crippen molar-refractivity contribution in [3.8, 4) is 0 Å². The van der Waals surface area contributed by atoms with E-state index >= 15 is 0 Å². The zero-order valence-corrected chi connectivity index (χ0v) is 30.7. The molecular weight excluding hydrogens is 574 g/mol. The molecule has 0 aliphatic heterocycles. The number of allylic oxidation sites excluding steroid dienone is 1. The monoisotopic (exact) mass is 639 g/mol. The van der Waals surface area contributed by atoms with E-state index in [1.807, 2.05) is 20.8 Å². The van der Waals surface area contributed by atoms with Crippen molar-refractivity contribution in [2.45, 2.75) is 152 Å². The molecule has 0 saturated heterocycles. The van der Waals surface area contributed by atoms with Gasteiger partial charge in [0.05, 0.1) is 12.8 Å². The largest absolute Gasteiger partial charge is 0.481 e. The Morgan fingerprint density at radius 3 is 2.20 bits per heavy atom. The van der Waals surface area contributed by atoms with Gasteiger partial charge in [0.15, 0.2) is 0 Å². The third-order valence-corrected chi connectivity index (χ3v) is 15.6. The maximum Gasteiger partial charge on any atom is 0.306 e. The number of carbonyl (C=O) groups excluding carboxylic acids is 2. The van der Waals surface area contributed by atoms with E-state index in [9.17, 15) is 19.5 Å². The van der Waals surface area contributed by atoms with Crippen LogP contribution < -0.4 is 5.32 Å². The fourth-order valence-electron chi connectivity index (χ4n) is 13.4. The van der Waals surface area contributed by atoms with Crippen LogP contribution in [0.15, 0.2) is 12.2 Å². The lowest BCUT2D eigenvalue weighted by Gasteiger charge is -2.73. The summed E-state index contributed by atoms with van der Waals surface area (Å²) in [7, 11) is 0. The first-order chi connectivity index (χ1) is 21.3. The van der Waals surface area contributed by atoms with Crippen LogP contribution in [0.5, 0.6) is 0 Å². The normalized spacial score (nSPS) is 42.9. The first-order valence-corrected chi connectivity index (χ1v) is 18.6. The van der Waals surface area contributed by atoms with Gasteiger partial charge in [0, 0.05) is 18.4 Å². The molecule has 0 radical (unpaired) electrons. The molecule has 5 aliphatic carbocycles. The second-order valence-corrected chi connectivity index (χ2v) is 18.9. The number of fused-ring (bicyclic) bond motifs is 7. The number of hydrogen-bond donors (Lipinski definition) is 2. The molecule has 46 heavy (non-hydrogen) atoms. The van der Waals surface area contributed by atoms with Gasteiger partial charge in [0.25, 0.3) is 0 Å². The molecule has 6 nitrogen and oxygen atoms in total. The third kappa shape index (κ3) is 5.57. The number of carbonyl (C=O) groups is 3. The highest BCUT2D eigenvalue weighted by Gasteiger charge is 2.71. The third-order valence-electron chi connectivity index (χ3n) is 15.6. The molecule has 1 amide bonds. The van der Waals surface area contributed by atoms with E-state index in [0.717, 1.165) is 32.1 Å². The Morgan fingerprint density at radius 2 is 1.57 bits per heavy atom. The summed E-state index contributed by atoms with van der Waals surface area (Å²) >= 11 is 0. The lowest BCUT2D eigenvalue weighted by molar-refractivity contribution is -0.250. The second kappa shape index (κ2) is 11.9. The van der Waals surface area contributed by atoms with Gasteiger partial charge in [-0.05, 0) is 135 Å². The molecule has 5 rings (SSSR count). The number of carboxylic acid groups (broad SMARTS) is 1. The van der Waals surface area contributed by atoms with E-state index in [2.05, 4.69) is 53.4 Å². The SMILES string of the molecule is C=C(C)[C@@H]1CC[C@]2(CC(=O)NCC)CC[C@]3(C)[C@H](CCC4[C@@]5(C)CC[C@H](OC(=O)CC(C)(C)CC(=O)O)C(C)(C)C5CC[C@]43C)[C@@H]12. The molecule has 0 heterocycles. The molecule has 260 valence electrons. The Kier molecular flexibility index (Phi) is 9.20. The van der Waals surface area contributed by atoms with Crippen molar-refractivity contribution in [1.29, 1.82) is 0 Å². The molecule has 0 aromatic carbocycles. The van der Waals surface area contributed by atoms with Gasteiger partial charge in [-0.3, -0.25) is 14.4 Å². The van der Waals surface area contributed by atoms with Crippen LogP contribution in [0.4, 0.5) is 0 Å². The molecule has 2 unspecified atom stereocenters. The van der Waals surface area contributed by atoms with Gasteiger partial charge < -0.3 is 15.2 Å². The number of nitrogens with one attached hydrogen (secondary N) is 1. The highest BCUT2D eigenvalue weighted by Crippen LogP contribution is 2.78. The average molecular weight is 640 g/mol. The number of esters is 1. The van der Waals surface area contributed by atoms with E-state index in [4.69, 9.17) is 4.74 Å². The fraction of sp³-hybridized carbons (Fsp3) is 0.875. The predicted octanol–water partition coefficient (Wildman–Crippen LogP) is 8.97. The molecule has 0 aromatic rings. The van der Waals surface area contributed by atoms with Crippen molar-refractivity contribution >= 4 is 17.8 Å². The van der Waals surface area contributed by atoms with Crippen molar-refractivity contribution in [3.05, 3.63) is 12.2 Å². The first kappa shape index (κ1) is 35.5. The first-order valence-electron chi connectivity index (χ1n) is 18.6. The second-order valence-electron chi connectivity index (χ2n) is 18.9. The number of rotatable bonds is 9. The van der Waals surface area contributed by atoms with Gasteiger partial charge in [-0.25, -0.2) is 0 Å². The van der Waals surface area contributed by atoms with E-state index in [0.29, 0.717) is 42.6 Å². The van der Waals surface area contributed by atoms with Crippen LogP contribution in [-0.2, 0) is 19.1 Å². The van der Waals surface area contributed by atoms with E-state index in [1.54, 1.807) is 0 Å². The van der Waals surface area contributed by atoms with E-state index in [-0.39, 0.29) is 57.9 Å². The van der Waals surface area contributed by atoms with Crippen molar-refractivity contribution in [1.82, 2.24) is 5.32 Å². The molecule has 2 N–H and O–H groups in total. The van der Waals surface area contributed by atoms with Crippen LogP contribution in [0.3, 0.4) is 0 Å². The van der Waals surface area contributed by atoms with Gasteiger partial charge in [0.2, 0.25) is 5.91 Å². The van der Waals surface area contributed by atoms with Crippen LogP contribution in [0.2, 0.25) is 0 Å². The lowest BCUT2D eigenvalue weighted by Crippen LogP contribution is -2.67. The molecule has 0 aromatic heterocycles. The van der Waals surface area contributed by atoms with Gasteiger partial charge in [-0.1, -0.05) is 60.6 Å². The highest BCUT2D eigenvalue weighted by atomic mass is 16.5. The summed E-state index contributed by atoms with van der Waals surface area (Å²) < 4.78 is 6.25. The molecular formula is C40H65NO5. The van der Waals surface area contributed by atoms with Crippen LogP contribution in [-0.4, -0.2) is 35.6 Å². The van der Waals surface area contributed by atoms with Gasteiger partial charge in [-0.2, -0.15) is 0 Å². The molecule has 0 bridgehead atoms.